The Balaban J connectivity index is 0.00000180. The zero-order valence-electron chi connectivity index (χ0n) is 11.1. The van der Waals surface area contributed by atoms with E-state index in [1.54, 1.807) is 11.0 Å². The van der Waals surface area contributed by atoms with Gasteiger partial charge in [-0.05, 0) is 43.9 Å². The number of carbonyl (C=O) groups excluding carboxylic acids is 1. The quantitative estimate of drug-likeness (QED) is 0.924. The molecule has 1 fully saturated rings. The molecule has 1 aromatic rings. The van der Waals surface area contributed by atoms with Crippen LogP contribution in [0.3, 0.4) is 0 Å². The molecule has 1 saturated carbocycles. The highest BCUT2D eigenvalue weighted by atomic mass is 35.5. The van der Waals surface area contributed by atoms with Gasteiger partial charge in [0, 0.05) is 13.1 Å². The van der Waals surface area contributed by atoms with Crippen molar-refractivity contribution in [3.8, 4) is 0 Å². The van der Waals surface area contributed by atoms with Gasteiger partial charge in [0.15, 0.2) is 0 Å². The second-order valence-corrected chi connectivity index (χ2v) is 4.96. The van der Waals surface area contributed by atoms with Gasteiger partial charge in [0.05, 0.1) is 5.54 Å². The number of amides is 1. The van der Waals surface area contributed by atoms with E-state index < -0.39 is 5.54 Å². The Morgan fingerprint density at radius 1 is 1.47 bits per heavy atom. The minimum absolute atomic E-state index is 0. The molecule has 19 heavy (non-hydrogen) atoms. The Bertz CT molecular complexity index is 449. The van der Waals surface area contributed by atoms with Gasteiger partial charge in [-0.25, -0.2) is 4.39 Å². The normalized spacial score (nSPS) is 16.2. The van der Waals surface area contributed by atoms with Crippen LogP contribution in [0.25, 0.3) is 0 Å². The summed E-state index contributed by atoms with van der Waals surface area (Å²) in [5.74, 6) is -0.289. The smallest absolute Gasteiger partial charge is 0.242 e. The topological polar surface area (TPSA) is 46.3 Å². The van der Waals surface area contributed by atoms with Crippen molar-refractivity contribution >= 4 is 18.3 Å². The van der Waals surface area contributed by atoms with Crippen molar-refractivity contribution in [3.63, 3.8) is 0 Å². The number of carbonyl (C=O) groups is 1. The Morgan fingerprint density at radius 3 is 2.63 bits per heavy atom. The Kier molecular flexibility index (Phi) is 5.32. The maximum atomic E-state index is 13.1. The van der Waals surface area contributed by atoms with Gasteiger partial charge in [0.1, 0.15) is 5.82 Å². The molecule has 1 amide bonds. The van der Waals surface area contributed by atoms with Crippen LogP contribution in [0.5, 0.6) is 0 Å². The molecule has 106 valence electrons. The van der Waals surface area contributed by atoms with Crippen LogP contribution in [0.15, 0.2) is 24.3 Å². The summed E-state index contributed by atoms with van der Waals surface area (Å²) in [4.78, 5) is 14.0. The van der Waals surface area contributed by atoms with Crippen molar-refractivity contribution in [1.82, 2.24) is 4.90 Å². The first-order valence-electron chi connectivity index (χ1n) is 6.38. The number of likely N-dealkylation sites (N-methyl/N-ethyl adjacent to an activating group) is 1. The zero-order chi connectivity index (χ0) is 13.2. The van der Waals surface area contributed by atoms with Gasteiger partial charge in [0.25, 0.3) is 0 Å². The van der Waals surface area contributed by atoms with E-state index in [1.165, 1.54) is 12.1 Å². The van der Waals surface area contributed by atoms with Crippen molar-refractivity contribution in [2.24, 2.45) is 5.73 Å². The predicted octanol–water partition coefficient (Wildman–Crippen LogP) is 2.48. The van der Waals surface area contributed by atoms with Crippen LogP contribution in [0.1, 0.15) is 31.7 Å². The molecule has 0 aromatic heterocycles. The third-order valence-electron chi connectivity index (χ3n) is 3.60. The zero-order valence-corrected chi connectivity index (χ0v) is 11.9. The highest BCUT2D eigenvalue weighted by Crippen LogP contribution is 2.31. The van der Waals surface area contributed by atoms with Crippen LogP contribution < -0.4 is 5.73 Å². The Hall–Kier alpha value is -1.13. The van der Waals surface area contributed by atoms with Gasteiger partial charge in [-0.1, -0.05) is 12.1 Å². The maximum absolute atomic E-state index is 13.1. The average molecular weight is 287 g/mol. The van der Waals surface area contributed by atoms with Crippen LogP contribution in [0, 0.1) is 5.82 Å². The first-order chi connectivity index (χ1) is 8.55. The molecule has 1 aliphatic rings. The fourth-order valence-electron chi connectivity index (χ4n) is 2.27. The lowest BCUT2D eigenvalue weighted by Crippen LogP contribution is -2.59. The predicted molar refractivity (Wildman–Crippen MR) is 75.5 cm³/mol. The number of hydrogen-bond donors (Lipinski definition) is 1. The molecule has 0 unspecified atom stereocenters. The average Bonchev–Trinajstić information content (AvgIpc) is 2.32. The lowest BCUT2D eigenvalue weighted by molar-refractivity contribution is -0.140. The van der Waals surface area contributed by atoms with Crippen LogP contribution in [-0.2, 0) is 11.3 Å². The second-order valence-electron chi connectivity index (χ2n) is 4.96. The number of rotatable bonds is 4. The molecule has 0 spiro atoms. The van der Waals surface area contributed by atoms with Gasteiger partial charge >= 0.3 is 0 Å². The minimum atomic E-state index is -0.677. The summed E-state index contributed by atoms with van der Waals surface area (Å²) in [5, 5.41) is 0. The van der Waals surface area contributed by atoms with E-state index in [0.29, 0.717) is 13.1 Å². The van der Waals surface area contributed by atoms with E-state index >= 15 is 0 Å². The highest BCUT2D eigenvalue weighted by Gasteiger charge is 2.42. The standard InChI is InChI=1S/C14H19FN2O.ClH/c1-2-17(13(18)14(16)7-4-8-14)10-11-5-3-6-12(15)9-11;/h3,5-6,9H,2,4,7-8,10,16H2,1H3;1H. The highest BCUT2D eigenvalue weighted by molar-refractivity contribution is 5.87. The summed E-state index contributed by atoms with van der Waals surface area (Å²) in [6, 6.07) is 6.34. The van der Waals surface area contributed by atoms with Crippen LogP contribution in [0.4, 0.5) is 4.39 Å². The van der Waals surface area contributed by atoms with Crippen molar-refractivity contribution < 1.29 is 9.18 Å². The summed E-state index contributed by atoms with van der Waals surface area (Å²) in [6.45, 7) is 2.93. The van der Waals surface area contributed by atoms with Gasteiger partial charge < -0.3 is 10.6 Å². The summed E-state index contributed by atoms with van der Waals surface area (Å²) < 4.78 is 13.1. The first-order valence-corrected chi connectivity index (χ1v) is 6.38. The van der Waals surface area contributed by atoms with Crippen LogP contribution >= 0.6 is 12.4 Å². The van der Waals surface area contributed by atoms with Crippen molar-refractivity contribution in [3.05, 3.63) is 35.6 Å². The van der Waals surface area contributed by atoms with Gasteiger partial charge in [0.2, 0.25) is 5.91 Å². The fraction of sp³-hybridized carbons (Fsp3) is 0.500. The van der Waals surface area contributed by atoms with Gasteiger partial charge in [-0.2, -0.15) is 0 Å². The summed E-state index contributed by atoms with van der Waals surface area (Å²) in [7, 11) is 0. The Labute approximate surface area is 119 Å². The third kappa shape index (κ3) is 3.45. The van der Waals surface area contributed by atoms with Crippen molar-refractivity contribution in [2.75, 3.05) is 6.54 Å². The minimum Gasteiger partial charge on any atom is -0.337 e. The lowest BCUT2D eigenvalue weighted by Gasteiger charge is -2.40. The SMILES string of the molecule is CCN(Cc1cccc(F)c1)C(=O)C1(N)CCC1.Cl. The molecule has 2 rings (SSSR count). The molecule has 2 N–H and O–H groups in total. The number of nitrogens with zero attached hydrogens (tertiary/aromatic N) is 1. The molecule has 1 aromatic carbocycles. The molecule has 0 bridgehead atoms. The van der Waals surface area contributed by atoms with Gasteiger partial charge in [-0.3, -0.25) is 4.79 Å². The van der Waals surface area contributed by atoms with Crippen LogP contribution in [0.2, 0.25) is 0 Å². The van der Waals surface area contributed by atoms with E-state index in [0.717, 1.165) is 24.8 Å². The molecular weight excluding hydrogens is 267 g/mol. The number of benzene rings is 1. The molecule has 5 heteroatoms. The molecule has 0 atom stereocenters. The maximum Gasteiger partial charge on any atom is 0.242 e. The Morgan fingerprint density at radius 2 is 2.16 bits per heavy atom. The second kappa shape index (κ2) is 6.35. The lowest BCUT2D eigenvalue weighted by atomic mass is 9.76. The van der Waals surface area contributed by atoms with Crippen molar-refractivity contribution in [2.45, 2.75) is 38.3 Å². The monoisotopic (exact) mass is 286 g/mol. The van der Waals surface area contributed by atoms with E-state index in [4.69, 9.17) is 5.73 Å². The van der Waals surface area contributed by atoms with Gasteiger partial charge in [-0.15, -0.1) is 12.4 Å². The third-order valence-corrected chi connectivity index (χ3v) is 3.60. The summed E-state index contributed by atoms with van der Waals surface area (Å²) >= 11 is 0. The number of hydrogen-bond acceptors (Lipinski definition) is 2. The first kappa shape index (κ1) is 15.9. The summed E-state index contributed by atoms with van der Waals surface area (Å²) in [6.07, 6.45) is 2.52. The number of halogens is 2. The van der Waals surface area contributed by atoms with E-state index in [9.17, 15) is 9.18 Å². The molecule has 0 radical (unpaired) electrons. The fourth-order valence-corrected chi connectivity index (χ4v) is 2.27. The van der Waals surface area contributed by atoms with E-state index in [2.05, 4.69) is 0 Å². The summed E-state index contributed by atoms with van der Waals surface area (Å²) in [5.41, 5.74) is 6.16. The molecular formula is C14H20ClFN2O. The van der Waals surface area contributed by atoms with Crippen molar-refractivity contribution in [1.29, 1.82) is 0 Å². The van der Waals surface area contributed by atoms with E-state index in [-0.39, 0.29) is 24.1 Å². The molecule has 3 nitrogen and oxygen atoms in total. The molecule has 0 saturated heterocycles. The van der Waals surface area contributed by atoms with E-state index in [1.807, 2.05) is 13.0 Å². The molecule has 0 aliphatic heterocycles. The number of nitrogens with two attached hydrogens (primary N) is 1. The van der Waals surface area contributed by atoms with Crippen LogP contribution in [-0.4, -0.2) is 22.9 Å². The largest absolute Gasteiger partial charge is 0.337 e. The molecule has 0 heterocycles. The molecule has 1 aliphatic carbocycles.